The number of ether oxygens (including phenoxy) is 1. The lowest BCUT2D eigenvalue weighted by molar-refractivity contribution is 0.415. The average Bonchev–Trinajstić information content (AvgIpc) is 2.38. The van der Waals surface area contributed by atoms with Crippen LogP contribution in [0.5, 0.6) is 5.75 Å². The Morgan fingerprint density at radius 1 is 1.32 bits per heavy atom. The molecule has 0 bridgehead atoms. The second kappa shape index (κ2) is 6.08. The van der Waals surface area contributed by atoms with Gasteiger partial charge in [-0.2, -0.15) is 0 Å². The van der Waals surface area contributed by atoms with Crippen molar-refractivity contribution in [3.8, 4) is 16.9 Å². The van der Waals surface area contributed by atoms with Crippen LogP contribution in [0.4, 0.5) is 0 Å². The fraction of sp³-hybridized carbons (Fsp3) is 0.143. The zero-order valence-corrected chi connectivity index (χ0v) is 11.9. The van der Waals surface area contributed by atoms with Crippen molar-refractivity contribution in [3.63, 3.8) is 0 Å². The van der Waals surface area contributed by atoms with Crippen molar-refractivity contribution in [1.82, 2.24) is 0 Å². The van der Waals surface area contributed by atoms with Gasteiger partial charge in [0, 0.05) is 0 Å². The van der Waals surface area contributed by atoms with E-state index >= 15 is 0 Å². The van der Waals surface area contributed by atoms with Crippen molar-refractivity contribution in [2.75, 3.05) is 7.11 Å². The lowest BCUT2D eigenvalue weighted by Crippen LogP contribution is -1.92. The number of hydrogen-bond acceptors (Lipinski definition) is 3. The van der Waals surface area contributed by atoms with Crippen LogP contribution in [0.3, 0.4) is 0 Å². The largest absolute Gasteiger partial charge is 0.495 e. The molecule has 0 unspecified atom stereocenters. The molecular formula is C14H12ClO3S. The first-order chi connectivity index (χ1) is 9.11. The molecule has 0 N–H and O–H groups in total. The summed E-state index contributed by atoms with van der Waals surface area (Å²) in [6.45, 7) is 0. The van der Waals surface area contributed by atoms with Gasteiger partial charge in [0.25, 0.3) is 0 Å². The number of benzene rings is 2. The van der Waals surface area contributed by atoms with Gasteiger partial charge in [0.15, 0.2) is 0 Å². The smallest absolute Gasteiger partial charge is 0.144 e. The van der Waals surface area contributed by atoms with Gasteiger partial charge < -0.3 is 4.74 Å². The van der Waals surface area contributed by atoms with Gasteiger partial charge in [-0.05, 0) is 34.9 Å². The first-order valence-electron chi connectivity index (χ1n) is 5.57. The first-order valence-corrected chi connectivity index (χ1v) is 7.31. The van der Waals surface area contributed by atoms with Crippen LogP contribution in [0, 0.1) is 6.07 Å². The normalized spacial score (nSPS) is 10.7. The Morgan fingerprint density at radius 2 is 2.11 bits per heavy atom. The van der Waals surface area contributed by atoms with Crippen molar-refractivity contribution in [1.29, 1.82) is 0 Å². The van der Waals surface area contributed by atoms with E-state index in [4.69, 9.17) is 16.3 Å². The molecule has 1 radical (unpaired) electrons. The van der Waals surface area contributed by atoms with Gasteiger partial charge in [-0.1, -0.05) is 35.9 Å². The summed E-state index contributed by atoms with van der Waals surface area (Å²) in [5.41, 5.74) is 2.27. The van der Waals surface area contributed by atoms with Gasteiger partial charge in [0.05, 0.1) is 17.9 Å². The summed E-state index contributed by atoms with van der Waals surface area (Å²) < 4.78 is 26.9. The number of thiol groups is 1. The highest BCUT2D eigenvalue weighted by Crippen LogP contribution is 2.31. The summed E-state index contributed by atoms with van der Waals surface area (Å²) in [4.78, 5) is 0. The third-order valence-corrected chi connectivity index (χ3v) is 3.58. The second-order valence-electron chi connectivity index (χ2n) is 3.91. The van der Waals surface area contributed by atoms with Crippen molar-refractivity contribution < 1.29 is 13.2 Å². The summed E-state index contributed by atoms with van der Waals surface area (Å²) in [7, 11) is -0.933. The van der Waals surface area contributed by atoms with Crippen LogP contribution >= 0.6 is 11.6 Å². The molecule has 0 aromatic heterocycles. The Balaban J connectivity index is 2.49. The maximum absolute atomic E-state index is 10.9. The lowest BCUT2D eigenvalue weighted by atomic mass is 10.0. The molecule has 2 rings (SSSR count). The van der Waals surface area contributed by atoms with E-state index < -0.39 is 10.7 Å². The predicted octanol–water partition coefficient (Wildman–Crippen LogP) is 2.93. The van der Waals surface area contributed by atoms with Gasteiger partial charge >= 0.3 is 0 Å². The third kappa shape index (κ3) is 3.28. The molecule has 5 heteroatoms. The molecule has 0 aliphatic rings. The molecule has 3 nitrogen and oxygen atoms in total. The minimum absolute atomic E-state index is 0.00828. The molecule has 0 aliphatic heterocycles. The highest BCUT2D eigenvalue weighted by atomic mass is 35.5. The number of methoxy groups -OCH3 is 1. The van der Waals surface area contributed by atoms with Gasteiger partial charge in [-0.3, -0.25) is 0 Å². The molecule has 2 aromatic carbocycles. The maximum Gasteiger partial charge on any atom is 0.144 e. The number of hydrogen-bond donors (Lipinski definition) is 1. The minimum Gasteiger partial charge on any atom is -0.495 e. The second-order valence-corrected chi connectivity index (χ2v) is 5.30. The van der Waals surface area contributed by atoms with E-state index in [1.54, 1.807) is 37.4 Å². The van der Waals surface area contributed by atoms with E-state index in [2.05, 4.69) is 6.07 Å². The molecule has 2 aromatic rings. The molecule has 0 amide bonds. The average molecular weight is 296 g/mol. The van der Waals surface area contributed by atoms with E-state index in [-0.39, 0.29) is 5.75 Å². The molecule has 0 spiro atoms. The molecule has 0 heterocycles. The molecule has 0 fully saturated rings. The molecule has 0 atom stereocenters. The highest BCUT2D eigenvalue weighted by Gasteiger charge is 2.08. The standard InChI is InChI=1S/C14H12ClO3S/c1-18-14-7-6-10(8-13(14)15)12-5-3-2-4-11(12)9-19(16)17/h2-4,6-8,19H,9H2,1H3. The van der Waals surface area contributed by atoms with Crippen LogP contribution in [-0.2, 0) is 16.5 Å². The summed E-state index contributed by atoms with van der Waals surface area (Å²) in [6, 6.07) is 13.7. The Hall–Kier alpha value is -1.52. The van der Waals surface area contributed by atoms with Crippen molar-refractivity contribution in [3.05, 3.63) is 53.1 Å². The van der Waals surface area contributed by atoms with E-state index in [0.29, 0.717) is 16.3 Å². The summed E-state index contributed by atoms with van der Waals surface area (Å²) >= 11 is 6.08. The van der Waals surface area contributed by atoms with E-state index in [1.807, 2.05) is 6.07 Å². The van der Waals surface area contributed by atoms with Gasteiger partial charge in [-0.25, -0.2) is 8.42 Å². The monoisotopic (exact) mass is 295 g/mol. The zero-order valence-electron chi connectivity index (χ0n) is 10.2. The molecule has 0 saturated heterocycles. The van der Waals surface area contributed by atoms with Crippen LogP contribution < -0.4 is 4.74 Å². The molecular weight excluding hydrogens is 284 g/mol. The van der Waals surface area contributed by atoms with E-state index in [0.717, 1.165) is 11.1 Å². The Labute approximate surface area is 118 Å². The van der Waals surface area contributed by atoms with Crippen LogP contribution in [0.1, 0.15) is 5.56 Å². The topological polar surface area (TPSA) is 43.4 Å². The highest BCUT2D eigenvalue weighted by molar-refractivity contribution is 7.71. The summed E-state index contributed by atoms with van der Waals surface area (Å²) in [6.07, 6.45) is 0. The Morgan fingerprint density at radius 3 is 2.74 bits per heavy atom. The fourth-order valence-electron chi connectivity index (χ4n) is 1.83. The Bertz CT molecular complexity index is 657. The van der Waals surface area contributed by atoms with Crippen LogP contribution in [-0.4, -0.2) is 15.5 Å². The Kier molecular flexibility index (Phi) is 4.45. The van der Waals surface area contributed by atoms with E-state index in [9.17, 15) is 8.42 Å². The van der Waals surface area contributed by atoms with E-state index in [1.165, 1.54) is 0 Å². The SMILES string of the molecule is COc1ccc(-c2[c]cccc2C[SH](=O)=O)cc1Cl. The number of rotatable bonds is 4. The van der Waals surface area contributed by atoms with Crippen molar-refractivity contribution in [2.45, 2.75) is 5.75 Å². The molecule has 19 heavy (non-hydrogen) atoms. The van der Waals surface area contributed by atoms with Crippen LogP contribution in [0.25, 0.3) is 11.1 Å². The van der Waals surface area contributed by atoms with Gasteiger partial charge in [0.1, 0.15) is 16.5 Å². The van der Waals surface area contributed by atoms with Gasteiger partial charge in [0.2, 0.25) is 0 Å². The quantitative estimate of drug-likeness (QED) is 0.882. The minimum atomic E-state index is -2.48. The summed E-state index contributed by atoms with van der Waals surface area (Å²) in [5, 5.41) is 0.481. The molecule has 0 aliphatic carbocycles. The van der Waals surface area contributed by atoms with Crippen LogP contribution in [0.15, 0.2) is 36.4 Å². The first kappa shape index (κ1) is 13.9. The fourth-order valence-corrected chi connectivity index (χ4v) is 2.63. The van der Waals surface area contributed by atoms with Crippen molar-refractivity contribution in [2.24, 2.45) is 0 Å². The lowest BCUT2D eigenvalue weighted by Gasteiger charge is -2.09. The van der Waals surface area contributed by atoms with Gasteiger partial charge in [-0.15, -0.1) is 0 Å². The molecule has 0 saturated carbocycles. The van der Waals surface area contributed by atoms with Crippen LogP contribution in [0.2, 0.25) is 5.02 Å². The zero-order chi connectivity index (χ0) is 13.8. The summed E-state index contributed by atoms with van der Waals surface area (Å²) in [5.74, 6) is 0.573. The third-order valence-electron chi connectivity index (χ3n) is 2.68. The van der Waals surface area contributed by atoms with Crippen molar-refractivity contribution >= 4 is 22.3 Å². The predicted molar refractivity (Wildman–Crippen MR) is 76.3 cm³/mol. The number of halogens is 1. The molecule has 99 valence electrons. The maximum atomic E-state index is 10.9.